The van der Waals surface area contributed by atoms with E-state index in [0.29, 0.717) is 22.7 Å². The van der Waals surface area contributed by atoms with Crippen molar-refractivity contribution in [1.29, 1.82) is 5.26 Å². The van der Waals surface area contributed by atoms with Crippen molar-refractivity contribution in [2.75, 3.05) is 12.0 Å². The number of benzene rings is 2. The van der Waals surface area contributed by atoms with E-state index in [2.05, 4.69) is 6.07 Å². The molecule has 0 spiro atoms. The molecule has 1 amide bonds. The van der Waals surface area contributed by atoms with Gasteiger partial charge in [0.25, 0.3) is 5.91 Å². The molecule has 2 atom stereocenters. The Morgan fingerprint density at radius 2 is 1.96 bits per heavy atom. The Morgan fingerprint density at radius 3 is 2.54 bits per heavy atom. The number of nitrogens with zero attached hydrogens (tertiary/aromatic N) is 2. The van der Waals surface area contributed by atoms with E-state index in [9.17, 15) is 14.4 Å². The van der Waals surface area contributed by atoms with Crippen LogP contribution in [0.15, 0.2) is 42.5 Å². The molecule has 0 saturated carbocycles. The van der Waals surface area contributed by atoms with Gasteiger partial charge >= 0.3 is 0 Å². The molecule has 0 aromatic heterocycles. The summed E-state index contributed by atoms with van der Waals surface area (Å²) in [7, 11) is 1.52. The molecule has 1 heterocycles. The molecule has 0 bridgehead atoms. The fraction of sp³-hybridized carbons (Fsp3) is 0.222. The Balaban J connectivity index is 2.24. The quantitative estimate of drug-likeness (QED) is 0.941. The second kappa shape index (κ2) is 5.62. The zero-order chi connectivity index (χ0) is 17.5. The molecule has 0 fully saturated rings. The first kappa shape index (κ1) is 16.0. The van der Waals surface area contributed by atoms with Crippen LogP contribution in [0.5, 0.6) is 5.75 Å². The SMILES string of the molecule is COc1ccc2c(c1)N(c1ccc(F)cc1)C(=O)C2(N)C(C)C#N. The zero-order valence-electron chi connectivity index (χ0n) is 13.3. The number of carbonyl (C=O) groups is 1. The molecular formula is C18H16FN3O2. The predicted octanol–water partition coefficient (Wildman–Crippen LogP) is 2.83. The maximum atomic E-state index is 13.2. The lowest BCUT2D eigenvalue weighted by molar-refractivity contribution is -0.123. The van der Waals surface area contributed by atoms with Crippen molar-refractivity contribution in [1.82, 2.24) is 0 Å². The topological polar surface area (TPSA) is 79.3 Å². The van der Waals surface area contributed by atoms with E-state index in [-0.39, 0.29) is 0 Å². The standard InChI is InChI=1S/C18H16FN3O2/c1-11(10-20)18(21)15-8-7-14(24-2)9-16(15)22(17(18)23)13-5-3-12(19)4-6-13/h3-9,11H,21H2,1-2H3. The highest BCUT2D eigenvalue weighted by Crippen LogP contribution is 2.47. The molecule has 2 unspecified atom stereocenters. The number of nitriles is 1. The highest BCUT2D eigenvalue weighted by molar-refractivity contribution is 6.13. The van der Waals surface area contributed by atoms with E-state index in [4.69, 9.17) is 10.5 Å². The number of rotatable bonds is 3. The van der Waals surface area contributed by atoms with Crippen molar-refractivity contribution in [3.8, 4) is 11.8 Å². The van der Waals surface area contributed by atoms with Gasteiger partial charge in [-0.05, 0) is 37.3 Å². The van der Waals surface area contributed by atoms with Gasteiger partial charge in [-0.2, -0.15) is 5.26 Å². The molecule has 0 aliphatic carbocycles. The van der Waals surface area contributed by atoms with Crippen molar-refractivity contribution in [3.63, 3.8) is 0 Å². The first-order valence-corrected chi connectivity index (χ1v) is 7.40. The van der Waals surface area contributed by atoms with Gasteiger partial charge in [-0.1, -0.05) is 6.07 Å². The van der Waals surface area contributed by atoms with Crippen molar-refractivity contribution >= 4 is 17.3 Å². The number of carbonyl (C=O) groups excluding carboxylic acids is 1. The summed E-state index contributed by atoms with van der Waals surface area (Å²) in [6.45, 7) is 1.61. The van der Waals surface area contributed by atoms with Crippen LogP contribution >= 0.6 is 0 Å². The second-order valence-electron chi connectivity index (χ2n) is 5.72. The largest absolute Gasteiger partial charge is 0.497 e. The second-order valence-corrected chi connectivity index (χ2v) is 5.72. The summed E-state index contributed by atoms with van der Waals surface area (Å²) in [4.78, 5) is 14.5. The predicted molar refractivity (Wildman–Crippen MR) is 87.2 cm³/mol. The van der Waals surface area contributed by atoms with Crippen LogP contribution in [0, 0.1) is 23.1 Å². The van der Waals surface area contributed by atoms with Gasteiger partial charge in [0, 0.05) is 17.3 Å². The Hall–Kier alpha value is -2.91. The van der Waals surface area contributed by atoms with Crippen LogP contribution in [0.1, 0.15) is 12.5 Å². The highest BCUT2D eigenvalue weighted by Gasteiger charge is 2.52. The molecule has 6 heteroatoms. The van der Waals surface area contributed by atoms with Crippen molar-refractivity contribution < 1.29 is 13.9 Å². The molecule has 2 aromatic rings. The molecule has 0 radical (unpaired) electrons. The monoisotopic (exact) mass is 325 g/mol. The number of hydrogen-bond donors (Lipinski definition) is 1. The number of hydrogen-bond acceptors (Lipinski definition) is 4. The van der Waals surface area contributed by atoms with Crippen LogP contribution in [0.4, 0.5) is 15.8 Å². The van der Waals surface area contributed by atoms with E-state index < -0.39 is 23.2 Å². The lowest BCUT2D eigenvalue weighted by Gasteiger charge is -2.26. The number of anilines is 2. The van der Waals surface area contributed by atoms with Crippen LogP contribution in [-0.4, -0.2) is 13.0 Å². The normalized spacial score (nSPS) is 20.5. The van der Waals surface area contributed by atoms with Gasteiger partial charge in [0.1, 0.15) is 17.1 Å². The molecule has 122 valence electrons. The average Bonchev–Trinajstić information content (AvgIpc) is 2.83. The first-order chi connectivity index (χ1) is 11.4. The summed E-state index contributed by atoms with van der Waals surface area (Å²) in [6, 6.07) is 12.7. The third-order valence-electron chi connectivity index (χ3n) is 4.41. The Kier molecular flexibility index (Phi) is 3.74. The summed E-state index contributed by atoms with van der Waals surface area (Å²) < 4.78 is 18.5. The van der Waals surface area contributed by atoms with E-state index in [1.807, 2.05) is 0 Å². The van der Waals surface area contributed by atoms with E-state index in [1.165, 1.54) is 36.3 Å². The third kappa shape index (κ3) is 2.14. The Morgan fingerprint density at radius 1 is 1.29 bits per heavy atom. The number of methoxy groups -OCH3 is 1. The Labute approximate surface area is 139 Å². The maximum absolute atomic E-state index is 13.2. The third-order valence-corrected chi connectivity index (χ3v) is 4.41. The lowest BCUT2D eigenvalue weighted by Crippen LogP contribution is -2.50. The van der Waals surface area contributed by atoms with E-state index in [0.717, 1.165) is 0 Å². The van der Waals surface area contributed by atoms with Gasteiger partial charge < -0.3 is 10.5 Å². The maximum Gasteiger partial charge on any atom is 0.257 e. The summed E-state index contributed by atoms with van der Waals surface area (Å²) in [5.74, 6) is -1.00. The molecule has 1 aliphatic heterocycles. The fourth-order valence-corrected chi connectivity index (χ4v) is 2.95. The Bertz CT molecular complexity index is 844. The van der Waals surface area contributed by atoms with E-state index >= 15 is 0 Å². The number of fused-ring (bicyclic) bond motifs is 1. The van der Waals surface area contributed by atoms with Crippen LogP contribution in [0.2, 0.25) is 0 Å². The van der Waals surface area contributed by atoms with Gasteiger partial charge in [0.15, 0.2) is 0 Å². The molecule has 2 aromatic carbocycles. The van der Waals surface area contributed by atoms with Crippen molar-refractivity contribution in [2.24, 2.45) is 11.7 Å². The van der Waals surface area contributed by atoms with Gasteiger partial charge in [0.2, 0.25) is 0 Å². The molecule has 2 N–H and O–H groups in total. The van der Waals surface area contributed by atoms with Crippen molar-refractivity contribution in [2.45, 2.75) is 12.5 Å². The van der Waals surface area contributed by atoms with Crippen molar-refractivity contribution in [3.05, 3.63) is 53.8 Å². The minimum Gasteiger partial charge on any atom is -0.497 e. The average molecular weight is 325 g/mol. The number of nitrogens with two attached hydrogens (primary N) is 1. The van der Waals surface area contributed by atoms with Crippen LogP contribution < -0.4 is 15.4 Å². The number of ether oxygens (including phenoxy) is 1. The fourth-order valence-electron chi connectivity index (χ4n) is 2.95. The number of amides is 1. The molecular weight excluding hydrogens is 309 g/mol. The summed E-state index contributed by atoms with van der Waals surface area (Å²) in [5.41, 5.74) is 6.49. The van der Waals surface area contributed by atoms with Crippen LogP contribution in [0.3, 0.4) is 0 Å². The van der Waals surface area contributed by atoms with Gasteiger partial charge in [-0.15, -0.1) is 0 Å². The molecule has 3 rings (SSSR count). The zero-order valence-corrected chi connectivity index (χ0v) is 13.3. The molecule has 5 nitrogen and oxygen atoms in total. The minimum atomic E-state index is -1.47. The van der Waals surface area contributed by atoms with Gasteiger partial charge in [0.05, 0.1) is 24.8 Å². The summed E-state index contributed by atoms with van der Waals surface area (Å²) >= 11 is 0. The van der Waals surface area contributed by atoms with Crippen LogP contribution in [0.25, 0.3) is 0 Å². The first-order valence-electron chi connectivity index (χ1n) is 7.40. The molecule has 0 saturated heterocycles. The summed E-state index contributed by atoms with van der Waals surface area (Å²) in [5, 5.41) is 9.32. The smallest absolute Gasteiger partial charge is 0.257 e. The minimum absolute atomic E-state index is 0.402. The highest BCUT2D eigenvalue weighted by atomic mass is 19.1. The van der Waals surface area contributed by atoms with Crippen LogP contribution in [-0.2, 0) is 10.3 Å². The molecule has 24 heavy (non-hydrogen) atoms. The van der Waals surface area contributed by atoms with Gasteiger partial charge in [-0.3, -0.25) is 9.69 Å². The van der Waals surface area contributed by atoms with E-state index in [1.54, 1.807) is 25.1 Å². The van der Waals surface area contributed by atoms with Gasteiger partial charge in [-0.25, -0.2) is 4.39 Å². The molecule has 1 aliphatic rings. The number of halogens is 1. The summed E-state index contributed by atoms with van der Waals surface area (Å²) in [6.07, 6.45) is 0. The lowest BCUT2D eigenvalue weighted by atomic mass is 9.81.